The van der Waals surface area contributed by atoms with Crippen LogP contribution in [0.5, 0.6) is 0 Å². The van der Waals surface area contributed by atoms with Gasteiger partial charge in [-0.25, -0.2) is 0 Å². The van der Waals surface area contributed by atoms with Gasteiger partial charge in [0.05, 0.1) is 0 Å². The first kappa shape index (κ1) is 15.3. The average molecular weight is 424 g/mol. The second-order valence-corrected chi connectivity index (χ2v) is 9.89. The molecule has 0 bridgehead atoms. The van der Waals surface area contributed by atoms with Crippen molar-refractivity contribution < 1.29 is 0 Å². The summed E-state index contributed by atoms with van der Waals surface area (Å²) in [5.74, 6) is 0. The summed E-state index contributed by atoms with van der Waals surface area (Å²) in [6, 6.07) is 0. The first-order chi connectivity index (χ1) is 6.91. The Kier molecular flexibility index (Phi) is 15.7. The molecule has 0 aromatic carbocycles. The SMILES string of the molecule is CCCC[Te]CC=CC[Te]CCCC. The molecule has 0 aromatic rings. The number of allylic oxidation sites excluding steroid dienone is 2. The molecule has 0 unspecified atom stereocenters. The molecule has 84 valence electrons. The van der Waals surface area contributed by atoms with Gasteiger partial charge in [-0.15, -0.1) is 0 Å². The van der Waals surface area contributed by atoms with Crippen LogP contribution in [0, 0.1) is 0 Å². The maximum absolute atomic E-state index is 2.47. The predicted molar refractivity (Wildman–Crippen MR) is 69.7 cm³/mol. The quantitative estimate of drug-likeness (QED) is 0.280. The van der Waals surface area contributed by atoms with Gasteiger partial charge in [0.15, 0.2) is 0 Å². The standard InChI is InChI=1S/C12H24Te2/c1-3-5-9-13-11-7-8-12-14-10-6-4-2/h7-8H,3-6,9-12H2,1-2H3. The van der Waals surface area contributed by atoms with E-state index in [0.29, 0.717) is 41.8 Å². The van der Waals surface area contributed by atoms with E-state index in [1.54, 1.807) is 8.94 Å². The van der Waals surface area contributed by atoms with Gasteiger partial charge in [-0.3, -0.25) is 0 Å². The Morgan fingerprint density at radius 2 is 1.21 bits per heavy atom. The van der Waals surface area contributed by atoms with Gasteiger partial charge in [0.25, 0.3) is 0 Å². The molecule has 0 fully saturated rings. The van der Waals surface area contributed by atoms with Crippen LogP contribution in [0.1, 0.15) is 39.5 Å². The third-order valence-electron chi connectivity index (χ3n) is 1.88. The van der Waals surface area contributed by atoms with Crippen LogP contribution < -0.4 is 0 Å². The molecule has 0 saturated heterocycles. The molecule has 0 amide bonds. The van der Waals surface area contributed by atoms with E-state index < -0.39 is 0 Å². The van der Waals surface area contributed by atoms with Crippen molar-refractivity contribution in [3.8, 4) is 0 Å². The molecule has 0 spiro atoms. The first-order valence-electron chi connectivity index (χ1n) is 5.72. The number of unbranched alkanes of at least 4 members (excludes halogenated alkanes) is 2. The van der Waals surface area contributed by atoms with Crippen molar-refractivity contribution in [2.45, 2.75) is 57.4 Å². The van der Waals surface area contributed by atoms with Gasteiger partial charge in [-0.1, -0.05) is 0 Å². The topological polar surface area (TPSA) is 0 Å². The van der Waals surface area contributed by atoms with E-state index in [0.717, 1.165) is 0 Å². The summed E-state index contributed by atoms with van der Waals surface area (Å²) in [5.41, 5.74) is 0. The third kappa shape index (κ3) is 13.3. The minimum absolute atomic E-state index is 0.356. The van der Waals surface area contributed by atoms with Gasteiger partial charge in [0.1, 0.15) is 0 Å². The van der Waals surface area contributed by atoms with Gasteiger partial charge >= 0.3 is 111 Å². The van der Waals surface area contributed by atoms with Crippen molar-refractivity contribution in [3.63, 3.8) is 0 Å². The molecule has 0 aliphatic rings. The van der Waals surface area contributed by atoms with Crippen LogP contribution in [0.2, 0.25) is 17.9 Å². The molecular weight excluding hydrogens is 399 g/mol. The molecule has 0 saturated carbocycles. The van der Waals surface area contributed by atoms with Crippen LogP contribution >= 0.6 is 0 Å². The molecule has 0 aliphatic carbocycles. The van der Waals surface area contributed by atoms with Crippen LogP contribution in [-0.2, 0) is 0 Å². The normalized spacial score (nSPS) is 11.3. The molecular formula is C12H24Te2. The Morgan fingerprint density at radius 3 is 1.57 bits per heavy atom. The zero-order valence-electron chi connectivity index (χ0n) is 9.63. The van der Waals surface area contributed by atoms with Crippen molar-refractivity contribution in [2.24, 2.45) is 0 Å². The fourth-order valence-corrected chi connectivity index (χ4v) is 6.25. The van der Waals surface area contributed by atoms with Crippen molar-refractivity contribution in [3.05, 3.63) is 12.2 Å². The molecule has 2 heteroatoms. The molecule has 0 aliphatic heterocycles. The van der Waals surface area contributed by atoms with Gasteiger partial charge < -0.3 is 0 Å². The van der Waals surface area contributed by atoms with Crippen molar-refractivity contribution in [1.82, 2.24) is 0 Å². The van der Waals surface area contributed by atoms with Crippen LogP contribution in [-0.4, -0.2) is 41.8 Å². The van der Waals surface area contributed by atoms with Crippen LogP contribution in [0.4, 0.5) is 0 Å². The Balaban J connectivity index is 2.96. The van der Waals surface area contributed by atoms with E-state index in [1.165, 1.54) is 34.6 Å². The predicted octanol–water partition coefficient (Wildman–Crippen LogP) is 4.22. The molecule has 0 nitrogen and oxygen atoms in total. The summed E-state index contributed by atoms with van der Waals surface area (Å²) in [6.45, 7) is 4.59. The summed E-state index contributed by atoms with van der Waals surface area (Å²) in [6.07, 6.45) is 10.7. The van der Waals surface area contributed by atoms with E-state index in [4.69, 9.17) is 0 Å². The van der Waals surface area contributed by atoms with E-state index in [9.17, 15) is 0 Å². The zero-order valence-corrected chi connectivity index (χ0v) is 14.3. The molecule has 0 heterocycles. The fraction of sp³-hybridized carbons (Fsp3) is 0.833. The molecule has 0 atom stereocenters. The van der Waals surface area contributed by atoms with Crippen LogP contribution in [0.15, 0.2) is 12.2 Å². The van der Waals surface area contributed by atoms with Crippen LogP contribution in [0.3, 0.4) is 0 Å². The van der Waals surface area contributed by atoms with E-state index in [1.807, 2.05) is 0 Å². The maximum atomic E-state index is 2.47. The second-order valence-electron chi connectivity index (χ2n) is 3.33. The Morgan fingerprint density at radius 1 is 0.786 bits per heavy atom. The summed E-state index contributed by atoms with van der Waals surface area (Å²) in [4.78, 5) is 0. The summed E-state index contributed by atoms with van der Waals surface area (Å²) >= 11 is 0.711. The van der Waals surface area contributed by atoms with Crippen molar-refractivity contribution >= 4 is 41.8 Å². The summed E-state index contributed by atoms with van der Waals surface area (Å²) < 4.78 is 6.01. The van der Waals surface area contributed by atoms with Gasteiger partial charge in [0, 0.05) is 0 Å². The molecule has 0 N–H and O–H groups in total. The molecule has 0 aromatic heterocycles. The van der Waals surface area contributed by atoms with E-state index >= 15 is 0 Å². The van der Waals surface area contributed by atoms with Gasteiger partial charge in [-0.05, 0) is 0 Å². The van der Waals surface area contributed by atoms with Gasteiger partial charge in [-0.2, -0.15) is 0 Å². The molecule has 0 radical (unpaired) electrons. The average Bonchev–Trinajstić information content (AvgIpc) is 2.21. The summed E-state index contributed by atoms with van der Waals surface area (Å²) in [7, 11) is 0. The zero-order chi connectivity index (χ0) is 10.5. The Hall–Kier alpha value is 1.32. The minimum atomic E-state index is 0.356. The number of rotatable bonds is 10. The summed E-state index contributed by atoms with van der Waals surface area (Å²) in [5, 5.41) is 0. The van der Waals surface area contributed by atoms with E-state index in [-0.39, 0.29) is 0 Å². The second kappa shape index (κ2) is 14.3. The Labute approximate surface area is 110 Å². The monoisotopic (exact) mass is 428 g/mol. The van der Waals surface area contributed by atoms with Crippen molar-refractivity contribution in [2.75, 3.05) is 0 Å². The molecule has 0 rings (SSSR count). The van der Waals surface area contributed by atoms with Crippen molar-refractivity contribution in [1.29, 1.82) is 0 Å². The number of hydrogen-bond donors (Lipinski definition) is 0. The molecule has 14 heavy (non-hydrogen) atoms. The first-order valence-corrected chi connectivity index (χ1v) is 12.3. The third-order valence-corrected chi connectivity index (χ3v) is 7.62. The van der Waals surface area contributed by atoms with Gasteiger partial charge in [0.2, 0.25) is 0 Å². The van der Waals surface area contributed by atoms with Crippen LogP contribution in [0.25, 0.3) is 0 Å². The Bertz CT molecular complexity index is 107. The fourth-order valence-electron chi connectivity index (χ4n) is 0.932. The number of hydrogen-bond acceptors (Lipinski definition) is 0. The van der Waals surface area contributed by atoms with E-state index in [2.05, 4.69) is 26.0 Å².